The fraction of sp³-hybridized carbons (Fsp3) is 0.917. The van der Waals surface area contributed by atoms with Crippen molar-refractivity contribution in [3.8, 4) is 0 Å². The van der Waals surface area contributed by atoms with Crippen molar-refractivity contribution in [1.82, 2.24) is 0 Å². The highest BCUT2D eigenvalue weighted by molar-refractivity contribution is 5.69. The van der Waals surface area contributed by atoms with E-state index < -0.39 is 0 Å². The zero-order valence-corrected chi connectivity index (χ0v) is 19.1. The summed E-state index contributed by atoms with van der Waals surface area (Å²) < 4.78 is 10.8. The van der Waals surface area contributed by atoms with Crippen LogP contribution in [0.5, 0.6) is 0 Å². The van der Waals surface area contributed by atoms with Crippen molar-refractivity contribution in [2.45, 2.75) is 118 Å². The summed E-state index contributed by atoms with van der Waals surface area (Å²) in [6, 6.07) is 0. The van der Waals surface area contributed by atoms with Crippen molar-refractivity contribution in [1.29, 1.82) is 0 Å². The number of unbranched alkanes of at least 4 members (excludes halogenated alkanes) is 5. The molecule has 2 atom stereocenters. The smallest absolute Gasteiger partial charge is 0.305 e. The van der Waals surface area contributed by atoms with Crippen LogP contribution in [-0.4, -0.2) is 25.2 Å². The van der Waals surface area contributed by atoms with Crippen molar-refractivity contribution in [2.75, 3.05) is 13.2 Å². The molecule has 0 aromatic rings. The van der Waals surface area contributed by atoms with Gasteiger partial charge in [0.1, 0.15) is 0 Å². The van der Waals surface area contributed by atoms with Crippen LogP contribution in [0.4, 0.5) is 0 Å². The minimum atomic E-state index is -0.0768. The van der Waals surface area contributed by atoms with E-state index in [9.17, 15) is 9.59 Å². The number of ether oxygens (including phenoxy) is 2. The van der Waals surface area contributed by atoms with Gasteiger partial charge in [0.2, 0.25) is 0 Å². The number of esters is 2. The zero-order valence-electron chi connectivity index (χ0n) is 19.1. The first-order valence-electron chi connectivity index (χ1n) is 11.9. The van der Waals surface area contributed by atoms with Crippen LogP contribution in [0.3, 0.4) is 0 Å². The van der Waals surface area contributed by atoms with Gasteiger partial charge in [0.05, 0.1) is 13.2 Å². The van der Waals surface area contributed by atoms with Crippen molar-refractivity contribution >= 4 is 11.9 Å². The minimum Gasteiger partial charge on any atom is -0.465 e. The van der Waals surface area contributed by atoms with Gasteiger partial charge in [-0.3, -0.25) is 9.59 Å². The molecule has 0 saturated heterocycles. The highest BCUT2D eigenvalue weighted by Gasteiger charge is 2.11. The molecule has 0 radical (unpaired) electrons. The van der Waals surface area contributed by atoms with Crippen molar-refractivity contribution in [3.05, 3.63) is 0 Å². The Kier molecular flexibility index (Phi) is 18.5. The normalized spacial score (nSPS) is 13.1. The lowest BCUT2D eigenvalue weighted by atomic mass is 10.0. The van der Waals surface area contributed by atoms with Gasteiger partial charge in [0, 0.05) is 12.8 Å². The zero-order chi connectivity index (χ0) is 21.0. The Morgan fingerprint density at radius 1 is 0.607 bits per heavy atom. The van der Waals surface area contributed by atoms with Gasteiger partial charge in [-0.25, -0.2) is 0 Å². The lowest BCUT2D eigenvalue weighted by molar-refractivity contribution is -0.146. The van der Waals surface area contributed by atoms with Gasteiger partial charge in [0.25, 0.3) is 0 Å². The molecule has 0 rings (SSSR count). The molecule has 0 fully saturated rings. The van der Waals surface area contributed by atoms with Crippen LogP contribution in [-0.2, 0) is 19.1 Å². The third-order valence-corrected chi connectivity index (χ3v) is 5.56. The molecule has 166 valence electrons. The molecule has 0 aromatic carbocycles. The molecule has 0 aliphatic heterocycles. The summed E-state index contributed by atoms with van der Waals surface area (Å²) in [6.45, 7) is 9.83. The molecule has 0 bridgehead atoms. The predicted octanol–water partition coefficient (Wildman–Crippen LogP) is 6.85. The molecule has 0 heterocycles. The van der Waals surface area contributed by atoms with E-state index in [4.69, 9.17) is 9.47 Å². The highest BCUT2D eigenvalue weighted by atomic mass is 16.5. The molecular formula is C24H46O4. The van der Waals surface area contributed by atoms with Crippen molar-refractivity contribution in [2.24, 2.45) is 11.8 Å². The average molecular weight is 399 g/mol. The van der Waals surface area contributed by atoms with Gasteiger partial charge >= 0.3 is 11.9 Å². The molecule has 28 heavy (non-hydrogen) atoms. The number of carbonyl (C=O) groups excluding carboxylic acids is 2. The van der Waals surface area contributed by atoms with Gasteiger partial charge in [-0.05, 0) is 37.5 Å². The summed E-state index contributed by atoms with van der Waals surface area (Å²) in [5, 5.41) is 0. The first kappa shape index (κ1) is 26.9. The topological polar surface area (TPSA) is 52.6 Å². The molecule has 0 amide bonds. The van der Waals surface area contributed by atoms with E-state index in [1.807, 2.05) is 0 Å². The molecule has 4 nitrogen and oxygen atoms in total. The summed E-state index contributed by atoms with van der Waals surface area (Å²) >= 11 is 0. The fourth-order valence-corrected chi connectivity index (χ4v) is 3.25. The van der Waals surface area contributed by atoms with Crippen LogP contribution in [0.2, 0.25) is 0 Å². The van der Waals surface area contributed by atoms with E-state index in [1.54, 1.807) is 0 Å². The van der Waals surface area contributed by atoms with Crippen LogP contribution in [0.25, 0.3) is 0 Å². The summed E-state index contributed by atoms with van der Waals surface area (Å²) in [7, 11) is 0. The van der Waals surface area contributed by atoms with Crippen LogP contribution >= 0.6 is 0 Å². The SMILES string of the molecule is CCCC[C@@H](CC)COC(=O)CCCCCCC(=O)OC[C@@H](CC)CCCC. The standard InChI is InChI=1S/C24H46O4/c1-5-9-15-21(7-3)19-27-23(25)17-13-11-12-14-18-24(26)28-20-22(8-4)16-10-6-2/h21-22H,5-20H2,1-4H3/t21-,22+. The molecule has 4 heteroatoms. The second kappa shape index (κ2) is 19.3. The second-order valence-corrected chi connectivity index (χ2v) is 8.11. The summed E-state index contributed by atoms with van der Waals surface area (Å²) in [5.41, 5.74) is 0. The maximum atomic E-state index is 11.8. The monoisotopic (exact) mass is 398 g/mol. The van der Waals surface area contributed by atoms with E-state index in [1.165, 1.54) is 25.7 Å². The minimum absolute atomic E-state index is 0.0768. The Balaban J connectivity index is 3.63. The lowest BCUT2D eigenvalue weighted by Crippen LogP contribution is -2.14. The highest BCUT2D eigenvalue weighted by Crippen LogP contribution is 2.15. The largest absolute Gasteiger partial charge is 0.465 e. The molecule has 0 aliphatic rings. The van der Waals surface area contributed by atoms with Gasteiger partial charge in [-0.15, -0.1) is 0 Å². The average Bonchev–Trinajstić information content (AvgIpc) is 2.70. The number of carbonyl (C=O) groups is 2. The van der Waals surface area contributed by atoms with Crippen LogP contribution in [0.1, 0.15) is 118 Å². The van der Waals surface area contributed by atoms with Crippen LogP contribution in [0.15, 0.2) is 0 Å². The molecule has 0 aliphatic carbocycles. The number of hydrogen-bond donors (Lipinski definition) is 0. The Bertz CT molecular complexity index is 345. The predicted molar refractivity (Wildman–Crippen MR) is 116 cm³/mol. The maximum Gasteiger partial charge on any atom is 0.305 e. The van der Waals surface area contributed by atoms with Gasteiger partial charge in [-0.2, -0.15) is 0 Å². The van der Waals surface area contributed by atoms with Crippen LogP contribution < -0.4 is 0 Å². The summed E-state index contributed by atoms with van der Waals surface area (Å²) in [4.78, 5) is 23.7. The molecule has 0 aromatic heterocycles. The molecule has 0 saturated carbocycles. The van der Waals surface area contributed by atoms with E-state index in [0.29, 0.717) is 37.9 Å². The van der Waals surface area contributed by atoms with Crippen molar-refractivity contribution < 1.29 is 19.1 Å². The van der Waals surface area contributed by atoms with Gasteiger partial charge in [0.15, 0.2) is 0 Å². The number of hydrogen-bond acceptors (Lipinski definition) is 4. The third kappa shape index (κ3) is 15.9. The first-order valence-corrected chi connectivity index (χ1v) is 11.9. The first-order chi connectivity index (χ1) is 13.6. The molecule has 0 spiro atoms. The van der Waals surface area contributed by atoms with E-state index in [-0.39, 0.29) is 11.9 Å². The quantitative estimate of drug-likeness (QED) is 0.176. The summed E-state index contributed by atoms with van der Waals surface area (Å²) in [5.74, 6) is 0.854. The number of rotatable bonds is 19. The Labute approximate surface area is 174 Å². The van der Waals surface area contributed by atoms with E-state index in [2.05, 4.69) is 27.7 Å². The van der Waals surface area contributed by atoms with Gasteiger partial charge < -0.3 is 9.47 Å². The Morgan fingerprint density at radius 2 is 1.00 bits per heavy atom. The second-order valence-electron chi connectivity index (χ2n) is 8.11. The fourth-order valence-electron chi connectivity index (χ4n) is 3.25. The third-order valence-electron chi connectivity index (χ3n) is 5.56. The van der Waals surface area contributed by atoms with E-state index >= 15 is 0 Å². The Morgan fingerprint density at radius 3 is 1.32 bits per heavy atom. The maximum absolute atomic E-state index is 11.8. The van der Waals surface area contributed by atoms with E-state index in [0.717, 1.165) is 51.4 Å². The molecular weight excluding hydrogens is 352 g/mol. The van der Waals surface area contributed by atoms with Crippen LogP contribution in [0, 0.1) is 11.8 Å². The Hall–Kier alpha value is -1.06. The molecule has 0 N–H and O–H groups in total. The van der Waals surface area contributed by atoms with Gasteiger partial charge in [-0.1, -0.05) is 79.1 Å². The molecule has 0 unspecified atom stereocenters. The van der Waals surface area contributed by atoms with Crippen molar-refractivity contribution in [3.63, 3.8) is 0 Å². The lowest BCUT2D eigenvalue weighted by Gasteiger charge is -2.14. The summed E-state index contributed by atoms with van der Waals surface area (Å²) in [6.07, 6.45) is 13.8.